The second-order valence-corrected chi connectivity index (χ2v) is 8.48. The van der Waals surface area contributed by atoms with Crippen LogP contribution in [0.4, 0.5) is 10.2 Å². The van der Waals surface area contributed by atoms with E-state index in [1.807, 2.05) is 11.9 Å². The molecular formula is C19H24FN3O3S. The highest BCUT2D eigenvalue weighted by Gasteiger charge is 2.26. The Labute approximate surface area is 159 Å². The highest BCUT2D eigenvalue weighted by molar-refractivity contribution is 7.89. The lowest BCUT2D eigenvalue weighted by molar-refractivity contribution is 0.325. The molecule has 0 aliphatic carbocycles. The first kappa shape index (κ1) is 19.6. The van der Waals surface area contributed by atoms with Crippen LogP contribution in [0.2, 0.25) is 0 Å². The van der Waals surface area contributed by atoms with Crippen molar-refractivity contribution in [2.24, 2.45) is 0 Å². The molecule has 2 aromatic rings. The monoisotopic (exact) mass is 393 g/mol. The Morgan fingerprint density at radius 3 is 2.44 bits per heavy atom. The van der Waals surface area contributed by atoms with E-state index in [-0.39, 0.29) is 10.7 Å². The smallest absolute Gasteiger partial charge is 0.244 e. The molecule has 0 spiro atoms. The molecule has 0 N–H and O–H groups in total. The summed E-state index contributed by atoms with van der Waals surface area (Å²) in [6, 6.07) is 9.16. The molecule has 1 fully saturated rings. The zero-order valence-electron chi connectivity index (χ0n) is 15.3. The second kappa shape index (κ2) is 8.67. The van der Waals surface area contributed by atoms with Crippen molar-refractivity contribution in [2.75, 3.05) is 38.2 Å². The molecule has 0 radical (unpaired) electrons. The Morgan fingerprint density at radius 1 is 1.11 bits per heavy atom. The summed E-state index contributed by atoms with van der Waals surface area (Å²) in [7, 11) is -1.61. The minimum atomic E-state index is -3.46. The molecule has 0 bridgehead atoms. The third-order valence-corrected chi connectivity index (χ3v) is 6.46. The van der Waals surface area contributed by atoms with Gasteiger partial charge >= 0.3 is 0 Å². The summed E-state index contributed by atoms with van der Waals surface area (Å²) < 4.78 is 45.3. The van der Waals surface area contributed by atoms with Gasteiger partial charge < -0.3 is 9.64 Å². The molecule has 1 aromatic heterocycles. The zero-order chi connectivity index (χ0) is 19.3. The molecule has 6 nitrogen and oxygen atoms in total. The number of pyridine rings is 1. The summed E-state index contributed by atoms with van der Waals surface area (Å²) in [5.74, 6) is 0.958. The average Bonchev–Trinajstić information content (AvgIpc) is 2.70. The van der Waals surface area contributed by atoms with Gasteiger partial charge in [0.05, 0.1) is 6.54 Å². The molecule has 3 rings (SSSR count). The van der Waals surface area contributed by atoms with E-state index in [1.165, 1.54) is 22.6 Å². The number of benzene rings is 1. The quantitative estimate of drug-likeness (QED) is 0.724. The highest BCUT2D eigenvalue weighted by atomic mass is 32.2. The van der Waals surface area contributed by atoms with Gasteiger partial charge in [-0.25, -0.2) is 17.8 Å². The number of ether oxygens (including phenoxy) is 1. The van der Waals surface area contributed by atoms with E-state index in [9.17, 15) is 12.8 Å². The highest BCUT2D eigenvalue weighted by Crippen LogP contribution is 2.21. The molecule has 0 unspecified atom stereocenters. The number of likely N-dealkylation sites (N-methyl/N-ethyl adjacent to an activating group) is 1. The summed E-state index contributed by atoms with van der Waals surface area (Å²) >= 11 is 0. The Kier molecular flexibility index (Phi) is 6.28. The molecule has 0 atom stereocenters. The second-order valence-electron chi connectivity index (χ2n) is 6.54. The lowest BCUT2D eigenvalue weighted by Gasteiger charge is -2.26. The van der Waals surface area contributed by atoms with Gasteiger partial charge in [-0.15, -0.1) is 0 Å². The lowest BCUT2D eigenvalue weighted by Crippen LogP contribution is -2.35. The van der Waals surface area contributed by atoms with Gasteiger partial charge in [-0.1, -0.05) is 6.42 Å². The predicted octanol–water partition coefficient (Wildman–Crippen LogP) is 2.91. The van der Waals surface area contributed by atoms with Gasteiger partial charge in [0.2, 0.25) is 10.0 Å². The number of nitrogens with zero attached hydrogens (tertiary/aromatic N) is 3. The summed E-state index contributed by atoms with van der Waals surface area (Å²) in [5.41, 5.74) is 0. The van der Waals surface area contributed by atoms with Gasteiger partial charge in [0.25, 0.3) is 0 Å². The molecule has 1 aromatic carbocycles. The van der Waals surface area contributed by atoms with Crippen molar-refractivity contribution in [1.82, 2.24) is 9.29 Å². The fraction of sp³-hybridized carbons (Fsp3) is 0.421. The first-order valence-electron chi connectivity index (χ1n) is 9.02. The van der Waals surface area contributed by atoms with Crippen molar-refractivity contribution in [3.8, 4) is 5.75 Å². The van der Waals surface area contributed by atoms with Gasteiger partial charge in [-0.3, -0.25) is 0 Å². The van der Waals surface area contributed by atoms with Crippen LogP contribution in [0.3, 0.4) is 0 Å². The summed E-state index contributed by atoms with van der Waals surface area (Å²) in [5, 5.41) is 0. The Balaban J connectivity index is 1.56. The van der Waals surface area contributed by atoms with E-state index >= 15 is 0 Å². The summed E-state index contributed by atoms with van der Waals surface area (Å²) in [4.78, 5) is 6.39. The SMILES string of the molecule is CN(CCOc1ccc(F)cc1)c1ccc(S(=O)(=O)N2CCCCC2)cn1. The number of hydrogen-bond donors (Lipinski definition) is 0. The third kappa shape index (κ3) is 4.95. The van der Waals surface area contributed by atoms with Crippen molar-refractivity contribution < 1.29 is 17.5 Å². The maximum absolute atomic E-state index is 12.9. The van der Waals surface area contributed by atoms with Crippen LogP contribution in [0, 0.1) is 5.82 Å². The maximum atomic E-state index is 12.9. The number of halogens is 1. The van der Waals surface area contributed by atoms with Gasteiger partial charge in [0.15, 0.2) is 0 Å². The Morgan fingerprint density at radius 2 is 1.81 bits per heavy atom. The van der Waals surface area contributed by atoms with E-state index in [1.54, 1.807) is 24.3 Å². The molecule has 1 saturated heterocycles. The average molecular weight is 393 g/mol. The van der Waals surface area contributed by atoms with Crippen molar-refractivity contribution in [3.05, 3.63) is 48.4 Å². The summed E-state index contributed by atoms with van der Waals surface area (Å²) in [6.45, 7) is 2.11. The number of hydrogen-bond acceptors (Lipinski definition) is 5. The van der Waals surface area contributed by atoms with Crippen LogP contribution in [-0.4, -0.2) is 51.0 Å². The largest absolute Gasteiger partial charge is 0.492 e. The first-order valence-corrected chi connectivity index (χ1v) is 10.5. The number of sulfonamides is 1. The van der Waals surface area contributed by atoms with Gasteiger partial charge in [0, 0.05) is 26.3 Å². The van der Waals surface area contributed by atoms with E-state index in [4.69, 9.17) is 4.74 Å². The van der Waals surface area contributed by atoms with E-state index < -0.39 is 10.0 Å². The summed E-state index contributed by atoms with van der Waals surface area (Å²) in [6.07, 6.45) is 4.30. The zero-order valence-corrected chi connectivity index (χ0v) is 16.2. The molecule has 8 heteroatoms. The molecule has 27 heavy (non-hydrogen) atoms. The van der Waals surface area contributed by atoms with Crippen molar-refractivity contribution >= 4 is 15.8 Å². The number of aromatic nitrogens is 1. The standard InChI is InChI=1S/C19H24FN3O3S/c1-22(13-14-26-17-7-5-16(20)6-8-17)19-10-9-18(15-21-19)27(24,25)23-11-3-2-4-12-23/h5-10,15H,2-4,11-14H2,1H3. The minimum absolute atomic E-state index is 0.226. The van der Waals surface area contributed by atoms with Crippen LogP contribution in [0.5, 0.6) is 5.75 Å². The van der Waals surface area contributed by atoms with Crippen LogP contribution >= 0.6 is 0 Å². The number of anilines is 1. The Bertz CT molecular complexity index is 836. The van der Waals surface area contributed by atoms with Crippen molar-refractivity contribution in [1.29, 1.82) is 0 Å². The fourth-order valence-electron chi connectivity index (χ4n) is 2.95. The molecule has 2 heterocycles. The maximum Gasteiger partial charge on any atom is 0.244 e. The van der Waals surface area contributed by atoms with Crippen LogP contribution in [0.1, 0.15) is 19.3 Å². The molecule has 1 aliphatic heterocycles. The van der Waals surface area contributed by atoms with Crippen molar-refractivity contribution in [3.63, 3.8) is 0 Å². The topological polar surface area (TPSA) is 62.7 Å². The normalized spacial score (nSPS) is 15.5. The molecule has 0 saturated carbocycles. The first-order chi connectivity index (χ1) is 13.0. The van der Waals surface area contributed by atoms with Crippen LogP contribution in [-0.2, 0) is 10.0 Å². The predicted molar refractivity (Wildman–Crippen MR) is 102 cm³/mol. The minimum Gasteiger partial charge on any atom is -0.492 e. The van der Waals surface area contributed by atoms with Crippen molar-refractivity contribution in [2.45, 2.75) is 24.2 Å². The molecule has 0 amide bonds. The van der Waals surface area contributed by atoms with E-state index in [0.29, 0.717) is 37.8 Å². The molecule has 1 aliphatic rings. The molecular weight excluding hydrogens is 369 g/mol. The number of rotatable bonds is 7. The lowest BCUT2D eigenvalue weighted by atomic mass is 10.2. The van der Waals surface area contributed by atoms with Gasteiger partial charge in [-0.05, 0) is 49.2 Å². The van der Waals surface area contributed by atoms with E-state index in [0.717, 1.165) is 19.3 Å². The molecule has 146 valence electrons. The van der Waals surface area contributed by atoms with E-state index in [2.05, 4.69) is 4.98 Å². The van der Waals surface area contributed by atoms with Crippen LogP contribution in [0.25, 0.3) is 0 Å². The number of piperidine rings is 1. The van der Waals surface area contributed by atoms with Crippen LogP contribution in [0.15, 0.2) is 47.5 Å². The fourth-order valence-corrected chi connectivity index (χ4v) is 4.41. The van der Waals surface area contributed by atoms with Crippen LogP contribution < -0.4 is 9.64 Å². The Hall–Kier alpha value is -2.19. The van der Waals surface area contributed by atoms with Gasteiger partial charge in [0.1, 0.15) is 28.9 Å². The van der Waals surface area contributed by atoms with Gasteiger partial charge in [-0.2, -0.15) is 4.31 Å². The third-order valence-electron chi connectivity index (χ3n) is 4.57.